The molecule has 1 saturated heterocycles. The molecule has 0 spiro atoms. The molecule has 144 valence electrons. The van der Waals surface area contributed by atoms with Crippen molar-refractivity contribution in [3.8, 4) is 0 Å². The van der Waals surface area contributed by atoms with Crippen LogP contribution in [0.5, 0.6) is 0 Å². The van der Waals surface area contributed by atoms with Crippen LogP contribution >= 0.6 is 0 Å². The first-order valence-electron chi connectivity index (χ1n) is 8.56. The maximum absolute atomic E-state index is 12.5. The third kappa shape index (κ3) is 4.57. The number of rotatable bonds is 5. The Hall–Kier alpha value is -3.04. The van der Waals surface area contributed by atoms with Crippen LogP contribution in [-0.2, 0) is 0 Å². The minimum atomic E-state index is -2.77. The lowest BCUT2D eigenvalue weighted by Gasteiger charge is -2.32. The van der Waals surface area contributed by atoms with Gasteiger partial charge >= 0.3 is 6.55 Å². The van der Waals surface area contributed by atoms with Crippen LogP contribution in [-0.4, -0.2) is 51.1 Å². The summed E-state index contributed by atoms with van der Waals surface area (Å²) in [6, 6.07) is 4.49. The van der Waals surface area contributed by atoms with Crippen LogP contribution in [0.1, 0.15) is 40.2 Å². The molecule has 27 heavy (non-hydrogen) atoms. The summed E-state index contributed by atoms with van der Waals surface area (Å²) >= 11 is 0. The van der Waals surface area contributed by atoms with Crippen molar-refractivity contribution in [1.29, 1.82) is 0 Å². The van der Waals surface area contributed by atoms with Crippen LogP contribution in [0.4, 0.5) is 14.6 Å². The summed E-state index contributed by atoms with van der Waals surface area (Å²) in [6.45, 7) is -1.22. The fourth-order valence-corrected chi connectivity index (χ4v) is 2.95. The minimum absolute atomic E-state index is 0.0428. The number of anilines is 1. The van der Waals surface area contributed by atoms with Crippen molar-refractivity contribution in [3.63, 3.8) is 0 Å². The number of nitrogen functional groups attached to an aromatic ring is 1. The summed E-state index contributed by atoms with van der Waals surface area (Å²) in [5, 5.41) is 6.25. The van der Waals surface area contributed by atoms with Crippen LogP contribution in [0.2, 0.25) is 0 Å². The molecule has 3 rings (SSSR count). The van der Waals surface area contributed by atoms with Gasteiger partial charge in [0.25, 0.3) is 11.8 Å². The van der Waals surface area contributed by atoms with E-state index in [0.29, 0.717) is 35.7 Å². The van der Waals surface area contributed by atoms with Gasteiger partial charge in [-0.15, -0.1) is 0 Å². The number of halogens is 2. The van der Waals surface area contributed by atoms with Gasteiger partial charge in [0, 0.05) is 32.0 Å². The summed E-state index contributed by atoms with van der Waals surface area (Å²) in [6.07, 6.45) is 4.00. The van der Waals surface area contributed by atoms with Gasteiger partial charge in [-0.25, -0.2) is 9.67 Å². The summed E-state index contributed by atoms with van der Waals surface area (Å²) in [4.78, 5) is 30.1. The maximum Gasteiger partial charge on any atom is 0.333 e. The third-order valence-electron chi connectivity index (χ3n) is 4.53. The predicted octanol–water partition coefficient (Wildman–Crippen LogP) is 1.54. The van der Waals surface area contributed by atoms with Crippen molar-refractivity contribution in [2.75, 3.05) is 25.4 Å². The topological polar surface area (TPSA) is 106 Å². The molecule has 0 atom stereocenters. The maximum atomic E-state index is 12.5. The molecule has 0 radical (unpaired) electrons. The average molecular weight is 378 g/mol. The van der Waals surface area contributed by atoms with E-state index in [1.807, 2.05) is 0 Å². The highest BCUT2D eigenvalue weighted by Gasteiger charge is 2.24. The van der Waals surface area contributed by atoms with Crippen molar-refractivity contribution in [2.24, 2.45) is 5.92 Å². The van der Waals surface area contributed by atoms with Crippen molar-refractivity contribution in [3.05, 3.63) is 41.9 Å². The molecular formula is C17H20F2N6O2. The Balaban J connectivity index is 1.45. The van der Waals surface area contributed by atoms with E-state index in [2.05, 4.69) is 15.4 Å². The highest BCUT2D eigenvalue weighted by molar-refractivity contribution is 5.94. The van der Waals surface area contributed by atoms with E-state index in [1.54, 1.807) is 17.0 Å². The molecule has 0 bridgehead atoms. The van der Waals surface area contributed by atoms with Gasteiger partial charge in [-0.3, -0.25) is 9.59 Å². The second-order valence-electron chi connectivity index (χ2n) is 6.38. The summed E-state index contributed by atoms with van der Waals surface area (Å²) in [5.74, 6) is -0.0116. The Morgan fingerprint density at radius 3 is 2.59 bits per heavy atom. The molecule has 0 aliphatic carbocycles. The quantitative estimate of drug-likeness (QED) is 0.821. The van der Waals surface area contributed by atoms with Gasteiger partial charge < -0.3 is 16.0 Å². The molecular weight excluding hydrogens is 358 g/mol. The molecule has 3 N–H and O–H groups in total. The lowest BCUT2D eigenvalue weighted by atomic mass is 9.96. The van der Waals surface area contributed by atoms with Crippen LogP contribution < -0.4 is 11.1 Å². The molecule has 1 aliphatic rings. The number of piperidine rings is 1. The fraction of sp³-hybridized carbons (Fsp3) is 0.412. The zero-order valence-corrected chi connectivity index (χ0v) is 14.5. The van der Waals surface area contributed by atoms with Gasteiger partial charge in [-0.2, -0.15) is 13.9 Å². The Kier molecular flexibility index (Phi) is 5.63. The zero-order valence-electron chi connectivity index (χ0n) is 14.5. The van der Waals surface area contributed by atoms with E-state index in [1.165, 1.54) is 12.3 Å². The normalized spacial score (nSPS) is 15.1. The molecule has 2 aromatic rings. The molecule has 3 heterocycles. The standard InChI is InChI=1S/C17H20F2N6O2/c18-17(19)25-8-5-13(23-25)15(26)22-9-11-3-6-24(7-4-11)16(27)12-1-2-14(20)21-10-12/h1-2,5,8,10-11,17H,3-4,6-7,9H2,(H2,20,21)(H,22,26). The van der Waals surface area contributed by atoms with Crippen molar-refractivity contribution < 1.29 is 18.4 Å². The first-order chi connectivity index (χ1) is 12.9. The number of carbonyl (C=O) groups excluding carboxylic acids is 2. The number of aromatic nitrogens is 3. The molecule has 0 saturated carbocycles. The van der Waals surface area contributed by atoms with Crippen molar-refractivity contribution in [1.82, 2.24) is 25.0 Å². The average Bonchev–Trinajstić information content (AvgIpc) is 3.17. The molecule has 0 aromatic carbocycles. The molecule has 0 unspecified atom stereocenters. The van der Waals surface area contributed by atoms with E-state index in [0.717, 1.165) is 19.0 Å². The van der Waals surface area contributed by atoms with Crippen LogP contribution in [0.3, 0.4) is 0 Å². The highest BCUT2D eigenvalue weighted by Crippen LogP contribution is 2.19. The molecule has 1 aliphatic heterocycles. The number of likely N-dealkylation sites (tertiary alicyclic amines) is 1. The number of nitrogens with two attached hydrogens (primary N) is 1. The molecule has 1 fully saturated rings. The molecule has 10 heteroatoms. The third-order valence-corrected chi connectivity index (χ3v) is 4.53. The van der Waals surface area contributed by atoms with E-state index < -0.39 is 12.5 Å². The van der Waals surface area contributed by atoms with Gasteiger partial charge in [0.2, 0.25) is 0 Å². The van der Waals surface area contributed by atoms with Gasteiger partial charge in [0.1, 0.15) is 11.5 Å². The Labute approximate surface area is 154 Å². The summed E-state index contributed by atoms with van der Waals surface area (Å²) in [7, 11) is 0. The van der Waals surface area contributed by atoms with Gasteiger partial charge in [-0.1, -0.05) is 0 Å². The van der Waals surface area contributed by atoms with Crippen molar-refractivity contribution >= 4 is 17.6 Å². The Morgan fingerprint density at radius 2 is 2.00 bits per heavy atom. The zero-order chi connectivity index (χ0) is 19.4. The second kappa shape index (κ2) is 8.11. The number of nitrogens with one attached hydrogen (secondary N) is 1. The van der Waals surface area contributed by atoms with E-state index >= 15 is 0 Å². The van der Waals surface area contributed by atoms with Gasteiger partial charge in [-0.05, 0) is 37.0 Å². The van der Waals surface area contributed by atoms with E-state index in [-0.39, 0.29) is 17.5 Å². The lowest BCUT2D eigenvalue weighted by molar-refractivity contribution is 0.0558. The van der Waals surface area contributed by atoms with Crippen LogP contribution in [0.25, 0.3) is 0 Å². The number of amides is 2. The molecule has 8 nitrogen and oxygen atoms in total. The SMILES string of the molecule is Nc1ccc(C(=O)N2CCC(CNC(=O)c3ccn(C(F)F)n3)CC2)cn1. The highest BCUT2D eigenvalue weighted by atomic mass is 19.3. The number of hydrogen-bond donors (Lipinski definition) is 2. The molecule has 2 amide bonds. The van der Waals surface area contributed by atoms with Gasteiger partial charge in [0.05, 0.1) is 5.56 Å². The largest absolute Gasteiger partial charge is 0.384 e. The minimum Gasteiger partial charge on any atom is -0.384 e. The smallest absolute Gasteiger partial charge is 0.333 e. The second-order valence-corrected chi connectivity index (χ2v) is 6.38. The first kappa shape index (κ1) is 18.7. The number of carbonyl (C=O) groups is 2. The molecule has 2 aromatic heterocycles. The first-order valence-corrected chi connectivity index (χ1v) is 8.56. The summed E-state index contributed by atoms with van der Waals surface area (Å²) < 4.78 is 25.4. The predicted molar refractivity (Wildman–Crippen MR) is 93.1 cm³/mol. The Morgan fingerprint density at radius 1 is 1.26 bits per heavy atom. The van der Waals surface area contributed by atoms with Crippen LogP contribution in [0, 0.1) is 5.92 Å². The number of nitrogens with zero attached hydrogens (tertiary/aromatic N) is 4. The number of alkyl halides is 2. The summed E-state index contributed by atoms with van der Waals surface area (Å²) in [5.41, 5.74) is 5.97. The van der Waals surface area contributed by atoms with Crippen LogP contribution in [0.15, 0.2) is 30.6 Å². The number of pyridine rings is 1. The number of hydrogen-bond acceptors (Lipinski definition) is 5. The van der Waals surface area contributed by atoms with E-state index in [4.69, 9.17) is 5.73 Å². The van der Waals surface area contributed by atoms with E-state index in [9.17, 15) is 18.4 Å². The van der Waals surface area contributed by atoms with Gasteiger partial charge in [0.15, 0.2) is 0 Å². The Bertz CT molecular complexity index is 800. The fourth-order valence-electron chi connectivity index (χ4n) is 2.95. The lowest BCUT2D eigenvalue weighted by Crippen LogP contribution is -2.41. The van der Waals surface area contributed by atoms with Crippen molar-refractivity contribution in [2.45, 2.75) is 19.4 Å². The monoisotopic (exact) mass is 378 g/mol.